The van der Waals surface area contributed by atoms with Gasteiger partial charge in [0.1, 0.15) is 30.5 Å². The van der Waals surface area contributed by atoms with Gasteiger partial charge in [-0.3, -0.25) is 23.7 Å². The number of aromatic nitrogens is 2. The number of aliphatic hydroxyl groups excluding tert-OH is 4. The maximum absolute atomic E-state index is 12.0. The van der Waals surface area contributed by atoms with Crippen LogP contribution in [-0.4, -0.2) is 95.6 Å². The summed E-state index contributed by atoms with van der Waals surface area (Å²) in [7, 11) is -11.0. The lowest BCUT2D eigenvalue weighted by Gasteiger charge is -2.29. The van der Waals surface area contributed by atoms with E-state index in [2.05, 4.69) is 18.1 Å². The van der Waals surface area contributed by atoms with Crippen molar-refractivity contribution in [3.8, 4) is 0 Å². The number of phosphoric ester groups is 2. The fourth-order valence-corrected chi connectivity index (χ4v) is 5.08. The third-order valence-corrected chi connectivity index (χ3v) is 7.19. The molecule has 0 saturated carbocycles. The molecule has 2 aliphatic rings. The average molecular weight is 534 g/mol. The molecule has 0 aliphatic carbocycles. The van der Waals surface area contributed by atoms with Crippen LogP contribution in [0.25, 0.3) is 0 Å². The largest absolute Gasteiger partial charge is 0.483 e. The molecule has 0 bridgehead atoms. The van der Waals surface area contributed by atoms with Crippen molar-refractivity contribution in [1.82, 2.24) is 9.55 Å². The van der Waals surface area contributed by atoms with E-state index in [-0.39, 0.29) is 0 Å². The number of ether oxygens (including phenoxy) is 2. The highest BCUT2D eigenvalue weighted by atomic mass is 31.3. The third-order valence-electron chi connectivity index (χ3n) is 4.61. The van der Waals surface area contributed by atoms with Gasteiger partial charge in [0.2, 0.25) is 12.1 Å². The standard InChI is InChI=1S/C14H20N2O16P2/c17-5-3-28-13(11(22)8(5)19)31-34(26,27)32-33(24,25)29-4-6-9(20)10(21)12(30-6)16-2-1-7(18)15-14(16)23/h1-2,5-6,8-10,12-13,17,19-21H,3-4H2,(H,24,25)(H,26,27)(H,15,18,23)/t5?,6-,8+,9-,10-,12-,13-/m1/s1. The van der Waals surface area contributed by atoms with E-state index in [9.17, 15) is 53.7 Å². The summed E-state index contributed by atoms with van der Waals surface area (Å²) in [6, 6.07) is 0.933. The molecule has 2 aliphatic heterocycles. The molecule has 2 saturated heterocycles. The maximum atomic E-state index is 12.0. The number of H-pyrrole nitrogens is 1. The zero-order valence-corrected chi connectivity index (χ0v) is 18.5. The molecule has 1 aromatic heterocycles. The molecule has 20 heteroatoms. The van der Waals surface area contributed by atoms with Crippen LogP contribution in [-0.2, 0) is 36.8 Å². The van der Waals surface area contributed by atoms with Crippen molar-refractivity contribution in [2.45, 2.75) is 43.0 Å². The van der Waals surface area contributed by atoms with Crippen LogP contribution >= 0.6 is 15.6 Å². The molecule has 3 heterocycles. The Labute approximate surface area is 188 Å². The van der Waals surface area contributed by atoms with Gasteiger partial charge in [-0.1, -0.05) is 0 Å². The Hall–Kier alpha value is -1.63. The van der Waals surface area contributed by atoms with Crippen LogP contribution in [0.4, 0.5) is 0 Å². The van der Waals surface area contributed by atoms with Gasteiger partial charge in [0, 0.05) is 12.3 Å². The number of carbonyl (C=O) groups excluding carboxylic acids is 1. The minimum absolute atomic E-state index is 0.663. The summed E-state index contributed by atoms with van der Waals surface area (Å²) >= 11 is 0. The van der Waals surface area contributed by atoms with Crippen molar-refractivity contribution in [3.63, 3.8) is 0 Å². The molecule has 192 valence electrons. The first-order valence-corrected chi connectivity index (χ1v) is 12.2. The van der Waals surface area contributed by atoms with E-state index in [0.29, 0.717) is 0 Å². The summed E-state index contributed by atoms with van der Waals surface area (Å²) in [5.41, 5.74) is -1.73. The first-order chi connectivity index (χ1) is 15.7. The molecular weight excluding hydrogens is 514 g/mol. The lowest BCUT2D eigenvalue weighted by atomic mass is 10.1. The quantitative estimate of drug-likeness (QED) is 0.157. The highest BCUT2D eigenvalue weighted by molar-refractivity contribution is 7.61. The zero-order chi connectivity index (χ0) is 25.4. The SMILES string of the molecule is O=C1[C@@H](OP(=O)(O)OP(=O)(O)OC[C@H]2O[C@@H](n3ccc(=O)[nH]c3=O)[C@H](O)[C@@H]2O)OCC(O)[C@@H]1O. The number of Topliss-reactive ketones (excluding diaryl/α,β-unsaturated/α-hetero) is 1. The molecule has 18 nitrogen and oxygen atoms in total. The number of aromatic amines is 1. The Balaban J connectivity index is 1.60. The number of ketones is 1. The van der Waals surface area contributed by atoms with Crippen LogP contribution < -0.4 is 11.2 Å². The number of hydrogen-bond acceptors (Lipinski definition) is 14. The summed E-state index contributed by atoms with van der Waals surface area (Å²) in [6.07, 6.45) is -11.5. The van der Waals surface area contributed by atoms with Crippen LogP contribution in [0.1, 0.15) is 6.23 Å². The number of phosphoric acid groups is 2. The number of nitrogens with one attached hydrogen (secondary N) is 1. The van der Waals surface area contributed by atoms with E-state index in [4.69, 9.17) is 4.74 Å². The zero-order valence-electron chi connectivity index (χ0n) is 16.7. The van der Waals surface area contributed by atoms with Gasteiger partial charge in [-0.2, -0.15) is 4.31 Å². The molecule has 0 radical (unpaired) electrons. The van der Waals surface area contributed by atoms with Crippen molar-refractivity contribution in [2.75, 3.05) is 13.2 Å². The summed E-state index contributed by atoms with van der Waals surface area (Å²) in [5.74, 6) is -1.36. The second-order valence-corrected chi connectivity index (χ2v) is 10.1. The van der Waals surface area contributed by atoms with Gasteiger partial charge in [-0.25, -0.2) is 18.4 Å². The summed E-state index contributed by atoms with van der Waals surface area (Å²) in [6.45, 7) is -1.67. The molecule has 3 unspecified atom stereocenters. The van der Waals surface area contributed by atoms with Gasteiger partial charge in [-0.15, -0.1) is 0 Å². The number of nitrogens with zero attached hydrogens (tertiary/aromatic N) is 1. The van der Waals surface area contributed by atoms with E-state index in [1.54, 1.807) is 0 Å². The van der Waals surface area contributed by atoms with Gasteiger partial charge in [0.15, 0.2) is 6.23 Å². The monoisotopic (exact) mass is 534 g/mol. The Bertz CT molecular complexity index is 1120. The Morgan fingerprint density at radius 2 is 1.76 bits per heavy atom. The highest BCUT2D eigenvalue weighted by Gasteiger charge is 2.47. The molecule has 1 aromatic rings. The van der Waals surface area contributed by atoms with Crippen molar-refractivity contribution in [1.29, 1.82) is 0 Å². The summed E-state index contributed by atoms with van der Waals surface area (Å²) in [4.78, 5) is 55.9. The van der Waals surface area contributed by atoms with Crippen LogP contribution in [0.15, 0.2) is 21.9 Å². The van der Waals surface area contributed by atoms with Gasteiger partial charge in [-0.05, 0) is 0 Å². The number of hydrogen-bond donors (Lipinski definition) is 7. The van der Waals surface area contributed by atoms with Crippen LogP contribution in [0.3, 0.4) is 0 Å². The highest BCUT2D eigenvalue weighted by Crippen LogP contribution is 2.61. The minimum atomic E-state index is -5.53. The number of carbonyl (C=O) groups is 1. The molecule has 9 atom stereocenters. The average Bonchev–Trinajstić information content (AvgIpc) is 3.00. The second-order valence-electron chi connectivity index (χ2n) is 7.06. The van der Waals surface area contributed by atoms with E-state index in [1.165, 1.54) is 0 Å². The van der Waals surface area contributed by atoms with Gasteiger partial charge >= 0.3 is 21.3 Å². The first kappa shape index (κ1) is 27.0. The molecule has 0 amide bonds. The summed E-state index contributed by atoms with van der Waals surface area (Å²) < 4.78 is 47.4. The predicted molar refractivity (Wildman–Crippen MR) is 102 cm³/mol. The molecule has 0 spiro atoms. The smallest absolute Gasteiger partial charge is 0.388 e. The molecular formula is C14H20N2O16P2. The van der Waals surface area contributed by atoms with E-state index in [0.717, 1.165) is 16.8 Å². The van der Waals surface area contributed by atoms with Crippen LogP contribution in [0.5, 0.6) is 0 Å². The predicted octanol–water partition coefficient (Wildman–Crippen LogP) is -3.95. The topological polar surface area (TPSA) is 274 Å². The molecule has 3 rings (SSSR count). The van der Waals surface area contributed by atoms with Gasteiger partial charge in [0.05, 0.1) is 13.2 Å². The Kier molecular flexibility index (Phi) is 8.06. The van der Waals surface area contributed by atoms with Crippen LogP contribution in [0.2, 0.25) is 0 Å². The molecule has 0 aromatic carbocycles. The van der Waals surface area contributed by atoms with E-state index in [1.807, 2.05) is 4.98 Å². The van der Waals surface area contributed by atoms with Crippen molar-refractivity contribution in [2.24, 2.45) is 0 Å². The fourth-order valence-electron chi connectivity index (χ4n) is 2.96. The van der Waals surface area contributed by atoms with Crippen LogP contribution in [0, 0.1) is 0 Å². The Morgan fingerprint density at radius 3 is 2.41 bits per heavy atom. The van der Waals surface area contributed by atoms with Crippen molar-refractivity contribution < 1.29 is 67.0 Å². The third kappa shape index (κ3) is 6.13. The van der Waals surface area contributed by atoms with Gasteiger partial charge < -0.3 is 39.7 Å². The molecule has 2 fully saturated rings. The first-order valence-electron chi connectivity index (χ1n) is 9.25. The van der Waals surface area contributed by atoms with Crippen molar-refractivity contribution >= 4 is 21.4 Å². The van der Waals surface area contributed by atoms with E-state index < -0.39 is 88.9 Å². The second kappa shape index (κ2) is 10.2. The number of rotatable bonds is 8. The van der Waals surface area contributed by atoms with Crippen molar-refractivity contribution in [3.05, 3.63) is 33.1 Å². The number of aliphatic hydroxyl groups is 4. The minimum Gasteiger partial charge on any atom is -0.388 e. The molecule has 34 heavy (non-hydrogen) atoms. The van der Waals surface area contributed by atoms with E-state index >= 15 is 0 Å². The maximum Gasteiger partial charge on any atom is 0.483 e. The summed E-state index contributed by atoms with van der Waals surface area (Å²) in [5, 5.41) is 38.9. The lowest BCUT2D eigenvalue weighted by Crippen LogP contribution is -2.50. The Morgan fingerprint density at radius 1 is 1.09 bits per heavy atom. The normalized spacial score (nSPS) is 35.6. The van der Waals surface area contributed by atoms with Gasteiger partial charge in [0.25, 0.3) is 5.56 Å². The molecule has 7 N–H and O–H groups in total. The fraction of sp³-hybridized carbons (Fsp3) is 0.643. The lowest BCUT2D eigenvalue weighted by molar-refractivity contribution is -0.193.